The van der Waals surface area contributed by atoms with E-state index in [1.54, 1.807) is 0 Å². The van der Waals surface area contributed by atoms with Gasteiger partial charge in [0.1, 0.15) is 0 Å². The molecular weight excluding hydrogens is 434 g/mol. The van der Waals surface area contributed by atoms with Crippen LogP contribution in [0.25, 0.3) is 0 Å². The number of hydrogen-bond donors (Lipinski definition) is 1. The molecule has 190 valence electrons. The molecule has 2 nitrogen and oxygen atoms in total. The lowest BCUT2D eigenvalue weighted by Crippen LogP contribution is -2.39. The lowest BCUT2D eigenvalue weighted by Gasteiger charge is -2.24. The maximum atomic E-state index is 6.64. The van der Waals surface area contributed by atoms with E-state index in [1.807, 2.05) is 11.8 Å². The van der Waals surface area contributed by atoms with Crippen molar-refractivity contribution in [3.8, 4) is 0 Å². The van der Waals surface area contributed by atoms with E-state index >= 15 is 0 Å². The normalized spacial score (nSPS) is 13.3. The summed E-state index contributed by atoms with van der Waals surface area (Å²) in [5.74, 6) is 2.80. The van der Waals surface area contributed by atoms with Crippen molar-refractivity contribution >= 4 is 11.8 Å². The molecule has 0 amide bonds. The van der Waals surface area contributed by atoms with Crippen LogP contribution in [0.3, 0.4) is 0 Å². The van der Waals surface area contributed by atoms with E-state index in [0.717, 1.165) is 23.8 Å². The first-order chi connectivity index (χ1) is 16.6. The second-order valence-corrected chi connectivity index (χ2v) is 11.2. The van der Waals surface area contributed by atoms with Gasteiger partial charge in [-0.3, -0.25) is 0 Å². The number of rotatable bonds is 20. The first-order valence-electron chi connectivity index (χ1n) is 13.7. The second-order valence-electron chi connectivity index (χ2n) is 10.2. The standard InChI is InChI=1S/C31H49NOS/c1-27(2)18-12-8-6-4-3-5-7-9-17-23-31(33-24-28-19-13-10-14-20-28)30(32)26-34-25-29-21-15-11-16-22-29/h10-11,13-16,19-22,27,30-31H,3-9,12,17-18,23-26,32H2,1-2H3/t30-,31+/m0/s1. The molecule has 0 saturated heterocycles. The first-order valence-corrected chi connectivity index (χ1v) is 14.8. The predicted molar refractivity (Wildman–Crippen MR) is 151 cm³/mol. The lowest BCUT2D eigenvalue weighted by atomic mass is 10.0. The zero-order valence-corrected chi connectivity index (χ0v) is 22.6. The fourth-order valence-electron chi connectivity index (χ4n) is 4.33. The van der Waals surface area contributed by atoms with Gasteiger partial charge in [0.25, 0.3) is 0 Å². The van der Waals surface area contributed by atoms with Gasteiger partial charge in [0.05, 0.1) is 12.7 Å². The lowest BCUT2D eigenvalue weighted by molar-refractivity contribution is 0.0210. The largest absolute Gasteiger partial charge is 0.372 e. The summed E-state index contributed by atoms with van der Waals surface area (Å²) in [5, 5.41) is 0. The Kier molecular flexibility index (Phi) is 16.1. The Labute approximate surface area is 214 Å². The third kappa shape index (κ3) is 14.2. The van der Waals surface area contributed by atoms with Crippen molar-refractivity contribution in [2.24, 2.45) is 11.7 Å². The van der Waals surface area contributed by atoms with Crippen LogP contribution in [0.5, 0.6) is 0 Å². The van der Waals surface area contributed by atoms with Crippen molar-refractivity contribution in [3.05, 3.63) is 71.8 Å². The highest BCUT2D eigenvalue weighted by Crippen LogP contribution is 2.19. The Bertz CT molecular complexity index is 706. The van der Waals surface area contributed by atoms with Crippen molar-refractivity contribution in [1.29, 1.82) is 0 Å². The predicted octanol–water partition coefficient (Wildman–Crippen LogP) is 8.78. The fourth-order valence-corrected chi connectivity index (χ4v) is 5.36. The summed E-state index contributed by atoms with van der Waals surface area (Å²) in [6.45, 7) is 5.31. The molecule has 2 rings (SSSR count). The molecule has 2 aromatic carbocycles. The van der Waals surface area contributed by atoms with E-state index in [1.165, 1.54) is 75.3 Å². The van der Waals surface area contributed by atoms with E-state index in [4.69, 9.17) is 10.5 Å². The van der Waals surface area contributed by atoms with Gasteiger partial charge in [-0.25, -0.2) is 0 Å². The zero-order valence-electron chi connectivity index (χ0n) is 21.8. The van der Waals surface area contributed by atoms with Gasteiger partial charge in [-0.05, 0) is 23.5 Å². The zero-order chi connectivity index (χ0) is 24.3. The number of thioether (sulfide) groups is 1. The van der Waals surface area contributed by atoms with Crippen LogP contribution in [-0.4, -0.2) is 17.9 Å². The molecule has 0 bridgehead atoms. The minimum Gasteiger partial charge on any atom is -0.372 e. The Balaban J connectivity index is 1.63. The van der Waals surface area contributed by atoms with Crippen LogP contribution in [0.1, 0.15) is 95.6 Å². The molecule has 34 heavy (non-hydrogen) atoms. The van der Waals surface area contributed by atoms with Gasteiger partial charge in [0.15, 0.2) is 0 Å². The van der Waals surface area contributed by atoms with Crippen molar-refractivity contribution in [3.63, 3.8) is 0 Å². The number of unbranched alkanes of at least 4 members (excludes halogenated alkanes) is 8. The topological polar surface area (TPSA) is 35.2 Å². The van der Waals surface area contributed by atoms with Crippen LogP contribution in [-0.2, 0) is 17.1 Å². The highest BCUT2D eigenvalue weighted by atomic mass is 32.2. The fraction of sp³-hybridized carbons (Fsp3) is 0.613. The summed E-state index contributed by atoms with van der Waals surface area (Å²) in [6.07, 6.45) is 14.8. The van der Waals surface area contributed by atoms with Crippen molar-refractivity contribution in [2.75, 3.05) is 5.75 Å². The van der Waals surface area contributed by atoms with Gasteiger partial charge in [-0.2, -0.15) is 11.8 Å². The summed E-state index contributed by atoms with van der Waals surface area (Å²) in [6, 6.07) is 21.2. The molecule has 0 heterocycles. The SMILES string of the molecule is CC(C)CCCCCCCCCCC[C@@H](OCc1ccccc1)[C@@H](N)CSCc1ccccc1. The monoisotopic (exact) mass is 483 g/mol. The van der Waals surface area contributed by atoms with Crippen LogP contribution in [0.2, 0.25) is 0 Å². The highest BCUT2D eigenvalue weighted by Gasteiger charge is 2.18. The van der Waals surface area contributed by atoms with Gasteiger partial charge >= 0.3 is 0 Å². The molecule has 2 aromatic rings. The summed E-state index contributed by atoms with van der Waals surface area (Å²) in [5.41, 5.74) is 9.23. The number of benzene rings is 2. The molecule has 0 aliphatic rings. The average Bonchev–Trinajstić information content (AvgIpc) is 2.85. The van der Waals surface area contributed by atoms with Gasteiger partial charge in [-0.15, -0.1) is 0 Å². The van der Waals surface area contributed by atoms with Crippen LogP contribution in [0.15, 0.2) is 60.7 Å². The van der Waals surface area contributed by atoms with Crippen LogP contribution < -0.4 is 5.73 Å². The van der Waals surface area contributed by atoms with Crippen molar-refractivity contribution in [1.82, 2.24) is 0 Å². The first kappa shape index (κ1) is 28.9. The Morgan fingerprint density at radius 3 is 1.74 bits per heavy atom. The van der Waals surface area contributed by atoms with Crippen molar-refractivity contribution in [2.45, 2.75) is 109 Å². The highest BCUT2D eigenvalue weighted by molar-refractivity contribution is 7.98. The molecule has 0 radical (unpaired) electrons. The van der Waals surface area contributed by atoms with E-state index in [9.17, 15) is 0 Å². The molecule has 0 saturated carbocycles. The van der Waals surface area contributed by atoms with Crippen molar-refractivity contribution < 1.29 is 4.74 Å². The quantitative estimate of drug-likeness (QED) is 0.191. The number of hydrogen-bond acceptors (Lipinski definition) is 3. The average molecular weight is 484 g/mol. The summed E-state index contributed by atoms with van der Waals surface area (Å²) in [7, 11) is 0. The molecule has 3 heteroatoms. The third-order valence-corrected chi connectivity index (χ3v) is 7.63. The smallest absolute Gasteiger partial charge is 0.0738 e. The Hall–Kier alpha value is -1.29. The number of nitrogens with two attached hydrogens (primary N) is 1. The molecule has 2 atom stereocenters. The summed E-state index contributed by atoms with van der Waals surface area (Å²) >= 11 is 1.92. The van der Waals surface area contributed by atoms with Crippen LogP contribution in [0, 0.1) is 5.92 Å². The Morgan fingerprint density at radius 2 is 1.18 bits per heavy atom. The molecule has 0 aromatic heterocycles. The maximum Gasteiger partial charge on any atom is 0.0738 e. The second kappa shape index (κ2) is 19.0. The van der Waals surface area contributed by atoms with Gasteiger partial charge < -0.3 is 10.5 Å². The van der Waals surface area contributed by atoms with Crippen LogP contribution >= 0.6 is 11.8 Å². The molecular formula is C31H49NOS. The van der Waals surface area contributed by atoms with E-state index in [-0.39, 0.29) is 12.1 Å². The maximum absolute atomic E-state index is 6.64. The van der Waals surface area contributed by atoms with Gasteiger partial charge in [0.2, 0.25) is 0 Å². The number of ether oxygens (including phenoxy) is 1. The van der Waals surface area contributed by atoms with Gasteiger partial charge in [-0.1, -0.05) is 139 Å². The molecule has 0 aliphatic heterocycles. The summed E-state index contributed by atoms with van der Waals surface area (Å²) < 4.78 is 6.35. The molecule has 0 unspecified atom stereocenters. The van der Waals surface area contributed by atoms with Crippen LogP contribution in [0.4, 0.5) is 0 Å². The van der Waals surface area contributed by atoms with E-state index in [2.05, 4.69) is 74.5 Å². The molecule has 0 spiro atoms. The minimum absolute atomic E-state index is 0.0725. The summed E-state index contributed by atoms with van der Waals surface area (Å²) in [4.78, 5) is 0. The van der Waals surface area contributed by atoms with E-state index in [0.29, 0.717) is 6.61 Å². The minimum atomic E-state index is 0.0725. The van der Waals surface area contributed by atoms with E-state index < -0.39 is 0 Å². The third-order valence-electron chi connectivity index (χ3n) is 6.48. The molecule has 0 fully saturated rings. The Morgan fingerprint density at radius 1 is 0.676 bits per heavy atom. The molecule has 0 aliphatic carbocycles. The molecule has 2 N–H and O–H groups in total. The van der Waals surface area contributed by atoms with Gasteiger partial charge in [0, 0.05) is 17.5 Å².